The van der Waals surface area contributed by atoms with E-state index in [0.717, 1.165) is 0 Å². The minimum atomic E-state index is -4.36. The molecule has 106 valence electrons. The van der Waals surface area contributed by atoms with Crippen LogP contribution in [0.4, 0.5) is 13.2 Å². The van der Waals surface area contributed by atoms with Gasteiger partial charge in [0.05, 0.1) is 24.6 Å². The van der Waals surface area contributed by atoms with Gasteiger partial charge in [-0.3, -0.25) is 4.79 Å². The minimum absolute atomic E-state index is 0.168. The number of Topliss-reactive ketones (excluding diaryl/α,β-unsaturated/α-hetero) is 1. The third kappa shape index (κ3) is 4.55. The molecule has 7 heteroatoms. The van der Waals surface area contributed by atoms with E-state index in [-0.39, 0.29) is 5.56 Å². The van der Waals surface area contributed by atoms with Gasteiger partial charge in [0.25, 0.3) is 0 Å². The van der Waals surface area contributed by atoms with Gasteiger partial charge in [-0.05, 0) is 18.2 Å². The molecule has 3 nitrogen and oxygen atoms in total. The molecule has 0 spiro atoms. The molecule has 0 heterocycles. The van der Waals surface area contributed by atoms with Gasteiger partial charge in [0, 0.05) is 5.56 Å². The number of alkyl halides is 4. The monoisotopic (exact) mass is 388 g/mol. The van der Waals surface area contributed by atoms with Crippen LogP contribution in [0.3, 0.4) is 0 Å². The molecule has 1 rings (SSSR count). The molecule has 1 unspecified atom stereocenters. The van der Waals surface area contributed by atoms with Crippen LogP contribution in [0.25, 0.3) is 0 Å². The van der Waals surface area contributed by atoms with E-state index in [9.17, 15) is 18.0 Å². The summed E-state index contributed by atoms with van der Waals surface area (Å²) in [6.07, 6.45) is -5.52. The van der Waals surface area contributed by atoms with E-state index >= 15 is 0 Å². The molecule has 1 atom stereocenters. The van der Waals surface area contributed by atoms with E-state index < -0.39 is 22.3 Å². The molecule has 0 amide bonds. The summed E-state index contributed by atoms with van der Waals surface area (Å²) in [7, 11) is 2.83. The van der Waals surface area contributed by atoms with Crippen molar-refractivity contribution in [1.29, 1.82) is 0 Å². The van der Waals surface area contributed by atoms with Gasteiger partial charge in [-0.1, -0.05) is 22.6 Å². The van der Waals surface area contributed by atoms with Crippen molar-refractivity contribution in [3.05, 3.63) is 23.8 Å². The zero-order valence-corrected chi connectivity index (χ0v) is 12.4. The smallest absolute Gasteiger partial charge is 0.390 e. The summed E-state index contributed by atoms with van der Waals surface area (Å²) in [5.41, 5.74) is 0.168. The summed E-state index contributed by atoms with van der Waals surface area (Å²) >= 11 is 1.50. The van der Waals surface area contributed by atoms with Crippen molar-refractivity contribution in [2.75, 3.05) is 14.2 Å². The van der Waals surface area contributed by atoms with Gasteiger partial charge >= 0.3 is 6.18 Å². The van der Waals surface area contributed by atoms with E-state index in [1.807, 2.05) is 0 Å². The summed E-state index contributed by atoms with van der Waals surface area (Å²) in [6, 6.07) is 4.29. The predicted octanol–water partition coefficient (Wildman–Crippen LogP) is 3.64. The second-order valence-corrected chi connectivity index (χ2v) is 5.22. The average Bonchev–Trinajstić information content (AvgIpc) is 2.34. The Kier molecular flexibility index (Phi) is 5.45. The molecule has 0 bridgehead atoms. The zero-order valence-electron chi connectivity index (χ0n) is 10.3. The van der Waals surface area contributed by atoms with Crippen molar-refractivity contribution in [3.8, 4) is 11.5 Å². The van der Waals surface area contributed by atoms with Crippen molar-refractivity contribution < 1.29 is 27.4 Å². The molecular weight excluding hydrogens is 376 g/mol. The summed E-state index contributed by atoms with van der Waals surface area (Å²) in [5.74, 6) is 0.141. The van der Waals surface area contributed by atoms with Gasteiger partial charge in [0.1, 0.15) is 0 Å². The van der Waals surface area contributed by atoms with Crippen LogP contribution < -0.4 is 9.47 Å². The van der Waals surface area contributed by atoms with Gasteiger partial charge in [0.2, 0.25) is 0 Å². The molecule has 19 heavy (non-hydrogen) atoms. The Morgan fingerprint density at radius 1 is 1.26 bits per heavy atom. The standard InChI is InChI=1S/C12H12F3IO3/c1-18-9-4-3-7(5-10(9)19-2)11(17)8(16)6-12(13,14)15/h3-5,8H,6H2,1-2H3. The van der Waals surface area contributed by atoms with Crippen LogP contribution >= 0.6 is 22.6 Å². The number of rotatable bonds is 5. The number of ketones is 1. The molecule has 0 radical (unpaired) electrons. The van der Waals surface area contributed by atoms with Crippen LogP contribution in [-0.4, -0.2) is 30.1 Å². The number of benzene rings is 1. The highest BCUT2D eigenvalue weighted by Crippen LogP contribution is 2.31. The quantitative estimate of drug-likeness (QED) is 0.439. The van der Waals surface area contributed by atoms with Gasteiger partial charge < -0.3 is 9.47 Å². The molecule has 0 aliphatic carbocycles. The van der Waals surface area contributed by atoms with Crippen molar-refractivity contribution >= 4 is 28.4 Å². The molecule has 1 aromatic carbocycles. The molecule has 0 aliphatic rings. The summed E-state index contributed by atoms with van der Waals surface area (Å²) in [4.78, 5) is 11.9. The van der Waals surface area contributed by atoms with Gasteiger partial charge in [-0.2, -0.15) is 13.2 Å². The Morgan fingerprint density at radius 3 is 2.32 bits per heavy atom. The summed E-state index contributed by atoms with van der Waals surface area (Å²) in [5, 5.41) is 0. The zero-order chi connectivity index (χ0) is 14.6. The topological polar surface area (TPSA) is 35.5 Å². The van der Waals surface area contributed by atoms with Crippen molar-refractivity contribution in [1.82, 2.24) is 0 Å². The first-order valence-electron chi connectivity index (χ1n) is 5.25. The molecule has 0 saturated heterocycles. The fraction of sp³-hybridized carbons (Fsp3) is 0.417. The lowest BCUT2D eigenvalue weighted by molar-refractivity contribution is -0.132. The maximum atomic E-state index is 12.2. The van der Waals surface area contributed by atoms with Crippen LogP contribution in [0.5, 0.6) is 11.5 Å². The van der Waals surface area contributed by atoms with E-state index in [2.05, 4.69) is 0 Å². The number of ether oxygens (including phenoxy) is 2. The lowest BCUT2D eigenvalue weighted by Crippen LogP contribution is -2.22. The first-order valence-corrected chi connectivity index (χ1v) is 6.50. The molecule has 0 saturated carbocycles. The van der Waals surface area contributed by atoms with E-state index in [0.29, 0.717) is 11.5 Å². The van der Waals surface area contributed by atoms with Gasteiger partial charge in [-0.15, -0.1) is 0 Å². The highest BCUT2D eigenvalue weighted by molar-refractivity contribution is 14.1. The highest BCUT2D eigenvalue weighted by atomic mass is 127. The third-order valence-electron chi connectivity index (χ3n) is 2.36. The first kappa shape index (κ1) is 16.1. The van der Waals surface area contributed by atoms with Crippen molar-refractivity contribution in [2.24, 2.45) is 0 Å². The Morgan fingerprint density at radius 2 is 1.84 bits per heavy atom. The maximum Gasteiger partial charge on any atom is 0.390 e. The van der Waals surface area contributed by atoms with Gasteiger partial charge in [-0.25, -0.2) is 0 Å². The Balaban J connectivity index is 2.94. The number of hydrogen-bond acceptors (Lipinski definition) is 3. The molecule has 0 aliphatic heterocycles. The molecule has 1 aromatic rings. The fourth-order valence-corrected chi connectivity index (χ4v) is 2.33. The van der Waals surface area contributed by atoms with Crippen LogP contribution in [-0.2, 0) is 0 Å². The average molecular weight is 388 g/mol. The van der Waals surface area contributed by atoms with Gasteiger partial charge in [0.15, 0.2) is 17.3 Å². The second-order valence-electron chi connectivity index (χ2n) is 3.72. The number of carbonyl (C=O) groups is 1. The van der Waals surface area contributed by atoms with E-state index in [1.165, 1.54) is 55.0 Å². The Hall–Kier alpha value is -0.990. The van der Waals surface area contributed by atoms with Crippen molar-refractivity contribution in [2.45, 2.75) is 16.5 Å². The Labute approximate surface area is 122 Å². The number of carbonyl (C=O) groups excluding carboxylic acids is 1. The largest absolute Gasteiger partial charge is 0.493 e. The molecule has 0 N–H and O–H groups in total. The number of halogens is 4. The third-order valence-corrected chi connectivity index (χ3v) is 3.37. The van der Waals surface area contributed by atoms with E-state index in [1.54, 1.807) is 0 Å². The minimum Gasteiger partial charge on any atom is -0.493 e. The summed E-state index contributed by atoms with van der Waals surface area (Å²) in [6.45, 7) is 0. The second kappa shape index (κ2) is 6.44. The number of hydrogen-bond donors (Lipinski definition) is 0. The summed E-state index contributed by atoms with van der Waals surface area (Å²) < 4.78 is 45.6. The maximum absolute atomic E-state index is 12.2. The SMILES string of the molecule is COc1ccc(C(=O)C(I)CC(F)(F)F)cc1OC. The first-order chi connectivity index (χ1) is 8.78. The van der Waals surface area contributed by atoms with Crippen LogP contribution in [0, 0.1) is 0 Å². The van der Waals surface area contributed by atoms with Crippen LogP contribution in [0.1, 0.15) is 16.8 Å². The molecular formula is C12H12F3IO3. The molecule has 0 aromatic heterocycles. The van der Waals surface area contributed by atoms with Crippen LogP contribution in [0.15, 0.2) is 18.2 Å². The van der Waals surface area contributed by atoms with Crippen LogP contribution in [0.2, 0.25) is 0 Å². The lowest BCUT2D eigenvalue weighted by atomic mass is 10.1. The lowest BCUT2D eigenvalue weighted by Gasteiger charge is -2.13. The highest BCUT2D eigenvalue weighted by Gasteiger charge is 2.34. The fourth-order valence-electron chi connectivity index (χ4n) is 1.47. The predicted molar refractivity (Wildman–Crippen MR) is 72.4 cm³/mol. The van der Waals surface area contributed by atoms with Crippen molar-refractivity contribution in [3.63, 3.8) is 0 Å². The molecule has 0 fully saturated rings. The normalized spacial score (nSPS) is 12.9. The number of methoxy groups -OCH3 is 2. The Bertz CT molecular complexity index is 460. The van der Waals surface area contributed by atoms with E-state index in [4.69, 9.17) is 9.47 Å².